The Morgan fingerprint density at radius 1 is 0.260 bits per heavy atom. The molecule has 0 saturated carbocycles. The van der Waals surface area contributed by atoms with Crippen LogP contribution in [0, 0.1) is 0 Å². The summed E-state index contributed by atoms with van der Waals surface area (Å²) in [7, 11) is 0. The van der Waals surface area contributed by atoms with Crippen molar-refractivity contribution in [1.29, 1.82) is 0 Å². The smallest absolute Gasteiger partial charge is 0.411 e. The Kier molecular flexibility index (Phi) is 14.2. The summed E-state index contributed by atoms with van der Waals surface area (Å²) in [5.74, 6) is 3.17. The van der Waals surface area contributed by atoms with Gasteiger partial charge in [-0.15, -0.1) is 0 Å². The van der Waals surface area contributed by atoms with E-state index in [4.69, 9.17) is 39.4 Å². The normalized spacial score (nSPS) is 11.6. The van der Waals surface area contributed by atoms with Gasteiger partial charge in [0.2, 0.25) is 5.41 Å². The summed E-state index contributed by atoms with van der Waals surface area (Å²) in [5, 5.41) is 0. The molecule has 0 atom stereocenters. The molecule has 0 amide bonds. The van der Waals surface area contributed by atoms with Gasteiger partial charge in [-0.2, -0.15) is 26.3 Å². The third kappa shape index (κ3) is 10.5. The third-order valence-electron chi connectivity index (χ3n) is 11.5. The maximum absolute atomic E-state index is 15.2. The molecule has 0 aliphatic carbocycles. The Bertz CT molecular complexity index is 3060. The van der Waals surface area contributed by atoms with E-state index >= 15 is 26.3 Å². The zero-order valence-corrected chi connectivity index (χ0v) is 39.1. The monoisotopic (exact) mass is 980 g/mol. The van der Waals surface area contributed by atoms with Crippen LogP contribution >= 0.6 is 0 Å². The molecular formula is C59H42F6N6O2. The van der Waals surface area contributed by atoms with Crippen molar-refractivity contribution < 1.29 is 35.8 Å². The summed E-state index contributed by atoms with van der Waals surface area (Å²) in [6.07, 6.45) is -11.6. The van der Waals surface area contributed by atoms with Crippen LogP contribution in [0.5, 0.6) is 23.0 Å². The van der Waals surface area contributed by atoms with Crippen LogP contribution in [0.25, 0.3) is 68.3 Å². The fraction of sp³-hybridized carbons (Fsp3) is 0.0847. The highest BCUT2D eigenvalue weighted by atomic mass is 19.4. The zero-order valence-electron chi connectivity index (χ0n) is 39.1. The number of benzene rings is 8. The van der Waals surface area contributed by atoms with Gasteiger partial charge in [0.05, 0.1) is 0 Å². The molecular weight excluding hydrogens is 939 g/mol. The minimum Gasteiger partial charge on any atom is -0.457 e. The molecule has 0 spiro atoms. The molecule has 0 N–H and O–H groups in total. The van der Waals surface area contributed by atoms with Crippen LogP contribution < -0.4 is 9.47 Å². The average molecular weight is 981 g/mol. The largest absolute Gasteiger partial charge is 0.457 e. The van der Waals surface area contributed by atoms with Crippen molar-refractivity contribution >= 4 is 0 Å². The lowest BCUT2D eigenvalue weighted by atomic mass is 9.73. The Morgan fingerprint density at radius 3 is 0.658 bits per heavy atom. The fourth-order valence-corrected chi connectivity index (χ4v) is 8.02. The molecule has 2 heterocycles. The van der Waals surface area contributed by atoms with Crippen molar-refractivity contribution in [2.45, 2.75) is 31.6 Å². The topological polar surface area (TPSA) is 95.8 Å². The quantitative estimate of drug-likeness (QED) is 0.112. The van der Waals surface area contributed by atoms with E-state index < -0.39 is 28.9 Å². The number of rotatable bonds is 12. The molecule has 0 aliphatic rings. The Labute approximate surface area is 416 Å². The minimum absolute atomic E-state index is 0.0103. The van der Waals surface area contributed by atoms with Crippen LogP contribution in [0.1, 0.15) is 25.0 Å². The molecule has 73 heavy (non-hydrogen) atoms. The summed E-state index contributed by atoms with van der Waals surface area (Å²) in [6, 6.07) is 58.3. The molecule has 14 heteroatoms. The lowest BCUT2D eigenvalue weighted by molar-refractivity contribution is -0.288. The van der Waals surface area contributed by atoms with Gasteiger partial charge in [0, 0.05) is 33.4 Å². The van der Waals surface area contributed by atoms with Crippen LogP contribution in [-0.2, 0) is 5.41 Å². The third-order valence-corrected chi connectivity index (χ3v) is 11.5. The highest BCUT2D eigenvalue weighted by molar-refractivity contribution is 5.68. The number of hydrogen-bond donors (Lipinski definition) is 0. The van der Waals surface area contributed by atoms with E-state index in [9.17, 15) is 0 Å². The molecule has 10 aromatic rings. The predicted molar refractivity (Wildman–Crippen MR) is 270 cm³/mol. The first-order chi connectivity index (χ1) is 35.4. The van der Waals surface area contributed by atoms with Gasteiger partial charge in [0.15, 0.2) is 34.9 Å². The van der Waals surface area contributed by atoms with Crippen LogP contribution in [0.3, 0.4) is 0 Å². The summed E-state index contributed by atoms with van der Waals surface area (Å²) in [5.41, 5.74) is -2.11. The summed E-state index contributed by atoms with van der Waals surface area (Å²) < 4.78 is 103. The Morgan fingerprint density at radius 2 is 0.452 bits per heavy atom. The highest BCUT2D eigenvalue weighted by Crippen LogP contribution is 2.56. The van der Waals surface area contributed by atoms with Crippen molar-refractivity contribution in [2.24, 2.45) is 0 Å². The molecule has 8 nitrogen and oxygen atoms in total. The standard InChI is InChI=1S/C57H36F6N6O2.C2H6/c58-56(59,60)55(57(61,62)63,43-25-33-47(34-26-43)70-45-29-21-41(22-30-45)53-66-49(37-13-5-1-6-14-37)64-50(67-53)38-15-7-2-8-16-38)44-27-35-48(36-28-44)71-46-31-23-42(24-32-46)54-68-51(39-17-9-3-10-18-39)65-52(69-54)40-19-11-4-12-20-40;1-2/h1-36H;1-2H3. The van der Waals surface area contributed by atoms with E-state index in [1.54, 1.807) is 48.5 Å². The van der Waals surface area contributed by atoms with E-state index in [1.165, 1.54) is 0 Å². The lowest BCUT2D eigenvalue weighted by Gasteiger charge is -2.38. The summed E-state index contributed by atoms with van der Waals surface area (Å²) in [4.78, 5) is 28.2. The average Bonchev–Trinajstić information content (AvgIpc) is 3.43. The molecule has 0 aliphatic heterocycles. The van der Waals surface area contributed by atoms with Gasteiger partial charge in [-0.1, -0.05) is 159 Å². The maximum Gasteiger partial charge on any atom is 0.411 e. The van der Waals surface area contributed by atoms with Gasteiger partial charge < -0.3 is 9.47 Å². The molecule has 2 aromatic heterocycles. The van der Waals surface area contributed by atoms with E-state index in [-0.39, 0.29) is 23.0 Å². The summed E-state index contributed by atoms with van der Waals surface area (Å²) >= 11 is 0. The first-order valence-corrected chi connectivity index (χ1v) is 23.1. The van der Waals surface area contributed by atoms with Gasteiger partial charge in [-0.3, -0.25) is 0 Å². The maximum atomic E-state index is 15.2. The van der Waals surface area contributed by atoms with Crippen LogP contribution in [0.4, 0.5) is 26.3 Å². The molecule has 0 radical (unpaired) electrons. The summed E-state index contributed by atoms with van der Waals surface area (Å²) in [6.45, 7) is 4.00. The van der Waals surface area contributed by atoms with Crippen LogP contribution in [0.15, 0.2) is 218 Å². The first kappa shape index (κ1) is 49.0. The van der Waals surface area contributed by atoms with Crippen LogP contribution in [-0.4, -0.2) is 42.3 Å². The Balaban J connectivity index is 0.00000324. The lowest BCUT2D eigenvalue weighted by Crippen LogP contribution is -2.54. The number of aromatic nitrogens is 6. The molecule has 0 unspecified atom stereocenters. The molecule has 0 saturated heterocycles. The molecule has 362 valence electrons. The van der Waals surface area contributed by atoms with E-state index in [0.717, 1.165) is 70.8 Å². The van der Waals surface area contributed by atoms with E-state index in [0.29, 0.717) is 46.1 Å². The van der Waals surface area contributed by atoms with Gasteiger partial charge in [0.25, 0.3) is 0 Å². The molecule has 0 fully saturated rings. The second-order valence-corrected chi connectivity index (χ2v) is 16.1. The predicted octanol–water partition coefficient (Wildman–Crippen LogP) is 16.1. The molecule has 8 aromatic carbocycles. The van der Waals surface area contributed by atoms with Crippen LogP contribution in [0.2, 0.25) is 0 Å². The molecule has 10 rings (SSSR count). The van der Waals surface area contributed by atoms with Crippen molar-refractivity contribution in [3.05, 3.63) is 230 Å². The number of ether oxygens (including phenoxy) is 2. The first-order valence-electron chi connectivity index (χ1n) is 23.1. The number of nitrogens with zero attached hydrogens (tertiary/aromatic N) is 6. The van der Waals surface area contributed by atoms with Gasteiger partial charge in [0.1, 0.15) is 23.0 Å². The Hall–Kier alpha value is -9.04. The van der Waals surface area contributed by atoms with Crippen molar-refractivity contribution in [2.75, 3.05) is 0 Å². The zero-order chi connectivity index (χ0) is 51.0. The minimum atomic E-state index is -5.81. The fourth-order valence-electron chi connectivity index (χ4n) is 8.02. The number of alkyl halides is 6. The van der Waals surface area contributed by atoms with Gasteiger partial charge >= 0.3 is 12.4 Å². The van der Waals surface area contributed by atoms with Crippen molar-refractivity contribution in [1.82, 2.24) is 29.9 Å². The van der Waals surface area contributed by atoms with Crippen molar-refractivity contribution in [3.63, 3.8) is 0 Å². The SMILES string of the molecule is CC.FC(F)(F)C(c1ccc(Oc2ccc(-c3nc(-c4ccccc4)nc(-c4ccccc4)n3)cc2)cc1)(c1ccc(Oc2ccc(-c3nc(-c4ccccc4)nc(-c4ccccc4)n3)cc2)cc1)C(F)(F)F. The van der Waals surface area contributed by atoms with Gasteiger partial charge in [-0.05, 0) is 83.9 Å². The highest BCUT2D eigenvalue weighted by Gasteiger charge is 2.72. The van der Waals surface area contributed by atoms with Gasteiger partial charge in [-0.25, -0.2) is 29.9 Å². The molecule has 0 bridgehead atoms. The van der Waals surface area contributed by atoms with E-state index in [1.807, 2.05) is 135 Å². The number of halogens is 6. The van der Waals surface area contributed by atoms with Crippen molar-refractivity contribution in [3.8, 4) is 91.3 Å². The second-order valence-electron chi connectivity index (χ2n) is 16.1. The number of hydrogen-bond acceptors (Lipinski definition) is 8. The second kappa shape index (κ2) is 21.1. The van der Waals surface area contributed by atoms with E-state index in [2.05, 4.69) is 0 Å².